The molecule has 0 aliphatic rings. The van der Waals surface area contributed by atoms with E-state index in [0.29, 0.717) is 0 Å². The predicted octanol–water partition coefficient (Wildman–Crippen LogP) is 32.0. The molecule has 0 N–H and O–H groups in total. The summed E-state index contributed by atoms with van der Waals surface area (Å²) in [7, 11) is 0. The van der Waals surface area contributed by atoms with Crippen molar-refractivity contribution in [1.29, 1.82) is 0 Å². The van der Waals surface area contributed by atoms with Gasteiger partial charge in [0.25, 0.3) is 0 Å². The highest BCUT2D eigenvalue weighted by atomic mass is 15.2. The van der Waals surface area contributed by atoms with E-state index in [9.17, 15) is 0 Å². The number of nitrogens with zero attached hydrogens (tertiary/aromatic N) is 2. The van der Waals surface area contributed by atoms with Gasteiger partial charge in [0.1, 0.15) is 0 Å². The minimum Gasteiger partial charge on any atom is -0.309 e. The number of anilines is 6. The van der Waals surface area contributed by atoms with Crippen LogP contribution in [0.3, 0.4) is 0 Å². The van der Waals surface area contributed by atoms with Crippen molar-refractivity contribution in [3.63, 3.8) is 0 Å². The topological polar surface area (TPSA) is 6.48 Å². The summed E-state index contributed by atoms with van der Waals surface area (Å²) in [5.41, 5.74) is 21.2. The summed E-state index contributed by atoms with van der Waals surface area (Å²) >= 11 is 0. The third kappa shape index (κ3) is 14.3. The highest BCUT2D eigenvalue weighted by Gasteiger charge is 2.41. The molecule has 0 saturated heterocycles. The molecule has 0 heterocycles. The summed E-state index contributed by atoms with van der Waals surface area (Å²) in [4.78, 5) is 5.74. The molecule has 0 aliphatic heterocycles. The maximum atomic E-state index is 2.88. The molecule has 0 saturated carbocycles. The standard InChI is InChI=1S/C98H148N2/c1-28-91(29-2,30-3)72-60-73(92(31-4,32-5)33-6)64-79(63-72)99(78-57-59-86(97(46-19,47-20)48-21)87(70-78)98(49-22,50-23)51-24)89-83-55-53-52-54-82(83)88(84-58-56-71(69-85(84)89)90(25,26)27)100(80-65-74(93(34-7,35-8)36-9)61-75(66-80)94(37-10,38-11)39-12)81-67-76(95(40-13,41-14)42-15)62-77(68-81)96(43-16,44-17)45-18/h52-70H,28-51H2,1-27H3. The largest absolute Gasteiger partial charge is 0.309 e. The number of rotatable bonds is 38. The second kappa shape index (κ2) is 33.6. The lowest BCUT2D eigenvalue weighted by Gasteiger charge is -2.42. The quantitative estimate of drug-likeness (QED) is 0.0281. The maximum Gasteiger partial charge on any atom is 0.0620 e. The van der Waals surface area contributed by atoms with Gasteiger partial charge in [-0.1, -0.05) is 248 Å². The van der Waals surface area contributed by atoms with Crippen molar-refractivity contribution in [2.75, 3.05) is 9.80 Å². The van der Waals surface area contributed by atoms with Crippen LogP contribution in [0.5, 0.6) is 0 Å². The fraction of sp³-hybridized carbons (Fsp3) is 0.612. The van der Waals surface area contributed by atoms with Gasteiger partial charge in [-0.25, -0.2) is 0 Å². The van der Waals surface area contributed by atoms with Gasteiger partial charge in [-0.15, -0.1) is 0 Å². The SMILES string of the molecule is CCC(CC)(CC)c1cc(N(c2cc(C(CC)(CC)CC)cc(C(CC)(CC)CC)c2)c2c3ccccc3c(N(c3cc(C(CC)(CC)CC)cc(C(CC)(CC)CC)c3)c3ccc(C(CC)(CC)CC)c(C(CC)(CC)CC)c3)c3cc(C(C)(C)C)ccc23)cc(C(CC)(CC)CC)c1. The van der Waals surface area contributed by atoms with E-state index in [0.717, 1.165) is 154 Å². The summed E-state index contributed by atoms with van der Waals surface area (Å²) < 4.78 is 0. The van der Waals surface area contributed by atoms with Crippen molar-refractivity contribution < 1.29 is 0 Å². The highest BCUT2D eigenvalue weighted by Crippen LogP contribution is 2.58. The van der Waals surface area contributed by atoms with Gasteiger partial charge in [0.2, 0.25) is 0 Å². The van der Waals surface area contributed by atoms with Gasteiger partial charge < -0.3 is 9.80 Å². The van der Waals surface area contributed by atoms with Crippen LogP contribution < -0.4 is 9.80 Å². The number of hydrogen-bond acceptors (Lipinski definition) is 2. The molecule has 100 heavy (non-hydrogen) atoms. The van der Waals surface area contributed by atoms with Crippen molar-refractivity contribution in [1.82, 2.24) is 0 Å². The normalized spacial score (nSPS) is 13.3. The monoisotopic (exact) mass is 1350 g/mol. The lowest BCUT2D eigenvalue weighted by molar-refractivity contribution is 0.340. The first kappa shape index (κ1) is 82.0. The van der Waals surface area contributed by atoms with Gasteiger partial charge in [0, 0.05) is 44.3 Å². The van der Waals surface area contributed by atoms with Crippen molar-refractivity contribution in [2.24, 2.45) is 0 Å². The summed E-state index contributed by atoms with van der Waals surface area (Å²) in [5.74, 6) is 0. The minimum atomic E-state index is -0.143. The summed E-state index contributed by atoms with van der Waals surface area (Å²) in [6.07, 6.45) is 26.3. The average molecular weight is 1350 g/mol. The zero-order valence-corrected chi connectivity index (χ0v) is 69.8. The lowest BCUT2D eigenvalue weighted by atomic mass is 9.64. The second-order valence-electron chi connectivity index (χ2n) is 32.7. The van der Waals surface area contributed by atoms with Crippen molar-refractivity contribution in [3.8, 4) is 0 Å². The van der Waals surface area contributed by atoms with Crippen molar-refractivity contribution >= 4 is 55.7 Å². The molecule has 0 bridgehead atoms. The molecule has 0 spiro atoms. The van der Waals surface area contributed by atoms with Crippen molar-refractivity contribution in [2.45, 2.75) is 390 Å². The summed E-state index contributed by atoms with van der Waals surface area (Å²) in [6.45, 7) is 66.5. The van der Waals surface area contributed by atoms with E-state index in [4.69, 9.17) is 0 Å². The van der Waals surface area contributed by atoms with Gasteiger partial charge in [-0.3, -0.25) is 0 Å². The van der Waals surface area contributed by atoms with E-state index in [2.05, 4.69) is 312 Å². The Kier molecular flexibility index (Phi) is 27.6. The first-order valence-corrected chi connectivity index (χ1v) is 42.0. The smallest absolute Gasteiger partial charge is 0.0620 e. The third-order valence-electron chi connectivity index (χ3n) is 30.1. The zero-order valence-electron chi connectivity index (χ0n) is 69.8. The van der Waals surface area contributed by atoms with E-state index >= 15 is 0 Å². The van der Waals surface area contributed by atoms with E-state index in [1.54, 1.807) is 11.1 Å². The Morgan fingerprint density at radius 1 is 0.200 bits per heavy atom. The van der Waals surface area contributed by atoms with Crippen LogP contribution in [0.4, 0.5) is 34.1 Å². The fourth-order valence-electron chi connectivity index (χ4n) is 20.3. The molecule has 0 fully saturated rings. The third-order valence-corrected chi connectivity index (χ3v) is 30.1. The average Bonchev–Trinajstić information content (AvgIpc) is 0.706. The van der Waals surface area contributed by atoms with E-state index < -0.39 is 0 Å². The van der Waals surface area contributed by atoms with Crippen LogP contribution >= 0.6 is 0 Å². The molecule has 0 unspecified atom stereocenters. The molecular weight excluding hydrogens is 1210 g/mol. The van der Waals surface area contributed by atoms with Gasteiger partial charge >= 0.3 is 0 Å². The van der Waals surface area contributed by atoms with E-state index in [1.807, 2.05) is 0 Å². The molecule has 0 aliphatic carbocycles. The minimum absolute atomic E-state index is 0.00129. The van der Waals surface area contributed by atoms with E-state index in [-0.39, 0.29) is 48.7 Å². The van der Waals surface area contributed by atoms with Crippen LogP contribution in [0.15, 0.2) is 115 Å². The maximum absolute atomic E-state index is 2.88. The molecule has 7 aromatic carbocycles. The van der Waals surface area contributed by atoms with Crippen LogP contribution in [0.25, 0.3) is 21.5 Å². The molecule has 0 amide bonds. The molecule has 7 aromatic rings. The van der Waals surface area contributed by atoms with Crippen molar-refractivity contribution in [3.05, 3.63) is 165 Å². The first-order valence-electron chi connectivity index (χ1n) is 42.0. The Hall–Kier alpha value is -5.34. The van der Waals surface area contributed by atoms with Crippen LogP contribution in [-0.4, -0.2) is 0 Å². The Bertz CT molecular complexity index is 3500. The molecular formula is C98H148N2. The van der Waals surface area contributed by atoms with Crippen LogP contribution in [0.2, 0.25) is 0 Å². The van der Waals surface area contributed by atoms with Crippen LogP contribution in [-0.2, 0) is 48.7 Å². The zero-order chi connectivity index (χ0) is 74.0. The first-order chi connectivity index (χ1) is 47.8. The predicted molar refractivity (Wildman–Crippen MR) is 450 cm³/mol. The Morgan fingerprint density at radius 3 is 0.700 bits per heavy atom. The Balaban J connectivity index is 1.95. The second-order valence-corrected chi connectivity index (χ2v) is 32.7. The molecule has 0 aromatic heterocycles. The molecule has 2 heteroatoms. The summed E-state index contributed by atoms with van der Waals surface area (Å²) in [5, 5.41) is 5.17. The van der Waals surface area contributed by atoms with Crippen LogP contribution in [0.1, 0.15) is 391 Å². The van der Waals surface area contributed by atoms with Gasteiger partial charge in [-0.05, 0) is 308 Å². The lowest BCUT2D eigenvalue weighted by Crippen LogP contribution is -2.32. The molecule has 550 valence electrons. The van der Waals surface area contributed by atoms with E-state index in [1.165, 1.54) is 94.6 Å². The Morgan fingerprint density at radius 2 is 0.440 bits per heavy atom. The highest BCUT2D eigenvalue weighted by molar-refractivity contribution is 6.23. The molecule has 0 atom stereocenters. The molecule has 7 rings (SSSR count). The fourth-order valence-corrected chi connectivity index (χ4v) is 20.3. The van der Waals surface area contributed by atoms with Gasteiger partial charge in [0.05, 0.1) is 11.4 Å². The van der Waals surface area contributed by atoms with Gasteiger partial charge in [0.15, 0.2) is 0 Å². The Labute approximate surface area is 616 Å². The molecule has 0 radical (unpaired) electrons. The number of hydrogen-bond donors (Lipinski definition) is 0. The summed E-state index contributed by atoms with van der Waals surface area (Å²) in [6, 6.07) is 50.1. The molecule has 2 nitrogen and oxygen atoms in total. The van der Waals surface area contributed by atoms with Crippen LogP contribution in [0, 0.1) is 0 Å². The van der Waals surface area contributed by atoms with Gasteiger partial charge in [-0.2, -0.15) is 0 Å². The number of benzene rings is 7. The number of fused-ring (bicyclic) bond motifs is 2.